The SMILES string of the molecule is CC(C)Cc1nnc(-c2cc3ccccc3n2Cc2ccc(Br)cc2)o1. The van der Waals surface area contributed by atoms with Gasteiger partial charge in [-0.15, -0.1) is 10.2 Å². The molecule has 4 aromatic rings. The first-order valence-corrected chi connectivity index (χ1v) is 9.55. The summed E-state index contributed by atoms with van der Waals surface area (Å²) in [6.45, 7) is 5.04. The second-order valence-electron chi connectivity index (χ2n) is 6.90. The van der Waals surface area contributed by atoms with Crippen LogP contribution in [0.15, 0.2) is 63.5 Å². The summed E-state index contributed by atoms with van der Waals surface area (Å²) in [4.78, 5) is 0. The van der Waals surface area contributed by atoms with Gasteiger partial charge >= 0.3 is 0 Å². The molecule has 0 saturated heterocycles. The van der Waals surface area contributed by atoms with E-state index in [2.05, 4.69) is 93.1 Å². The summed E-state index contributed by atoms with van der Waals surface area (Å²) in [5.41, 5.74) is 3.34. The zero-order chi connectivity index (χ0) is 18.1. The molecule has 4 nitrogen and oxygen atoms in total. The number of para-hydroxylation sites is 1. The van der Waals surface area contributed by atoms with E-state index < -0.39 is 0 Å². The van der Waals surface area contributed by atoms with Crippen LogP contribution in [0.2, 0.25) is 0 Å². The van der Waals surface area contributed by atoms with Gasteiger partial charge in [-0.3, -0.25) is 0 Å². The standard InChI is InChI=1S/C21H20BrN3O/c1-14(2)11-20-23-24-21(26-20)19-12-16-5-3-4-6-18(16)25(19)13-15-7-9-17(22)10-8-15/h3-10,12,14H,11,13H2,1-2H3. The molecule has 0 bridgehead atoms. The number of benzene rings is 2. The van der Waals surface area contributed by atoms with Crippen LogP contribution in [0.3, 0.4) is 0 Å². The van der Waals surface area contributed by atoms with Gasteiger partial charge in [0.25, 0.3) is 5.89 Å². The molecule has 0 saturated carbocycles. The van der Waals surface area contributed by atoms with E-state index in [0.717, 1.165) is 28.6 Å². The van der Waals surface area contributed by atoms with E-state index in [4.69, 9.17) is 4.42 Å². The van der Waals surface area contributed by atoms with Crippen molar-refractivity contribution in [2.45, 2.75) is 26.8 Å². The van der Waals surface area contributed by atoms with Crippen LogP contribution in [-0.2, 0) is 13.0 Å². The largest absolute Gasteiger partial charge is 0.419 e. The van der Waals surface area contributed by atoms with Gasteiger partial charge in [0.05, 0.1) is 0 Å². The average molecular weight is 410 g/mol. The number of rotatable bonds is 5. The van der Waals surface area contributed by atoms with Crippen molar-refractivity contribution in [3.63, 3.8) is 0 Å². The molecule has 5 heteroatoms. The Bertz CT molecular complexity index is 1030. The Balaban J connectivity index is 1.78. The van der Waals surface area contributed by atoms with Gasteiger partial charge in [0.2, 0.25) is 5.89 Å². The summed E-state index contributed by atoms with van der Waals surface area (Å²) in [5, 5.41) is 9.70. The fraction of sp³-hybridized carbons (Fsp3) is 0.238. The number of hydrogen-bond acceptors (Lipinski definition) is 3. The first-order chi connectivity index (χ1) is 12.6. The maximum Gasteiger partial charge on any atom is 0.264 e. The number of aromatic nitrogens is 3. The van der Waals surface area contributed by atoms with Crippen LogP contribution in [-0.4, -0.2) is 14.8 Å². The summed E-state index contributed by atoms with van der Waals surface area (Å²) in [5.74, 6) is 1.75. The highest BCUT2D eigenvalue weighted by atomic mass is 79.9. The third-order valence-electron chi connectivity index (χ3n) is 4.33. The van der Waals surface area contributed by atoms with Crippen LogP contribution in [0.5, 0.6) is 0 Å². The van der Waals surface area contributed by atoms with E-state index in [1.165, 1.54) is 10.9 Å². The second-order valence-corrected chi connectivity index (χ2v) is 7.82. The topological polar surface area (TPSA) is 43.9 Å². The number of fused-ring (bicyclic) bond motifs is 1. The van der Waals surface area contributed by atoms with Gasteiger partial charge in [0.15, 0.2) is 0 Å². The predicted octanol–water partition coefficient (Wildman–Crippen LogP) is 5.70. The minimum atomic E-state index is 0.483. The van der Waals surface area contributed by atoms with E-state index in [1.54, 1.807) is 0 Å². The van der Waals surface area contributed by atoms with Crippen LogP contribution in [0.4, 0.5) is 0 Å². The molecule has 0 aliphatic rings. The van der Waals surface area contributed by atoms with E-state index in [9.17, 15) is 0 Å². The molecule has 0 fully saturated rings. The summed E-state index contributed by atoms with van der Waals surface area (Å²) < 4.78 is 9.28. The first kappa shape index (κ1) is 17.0. The molecule has 0 aliphatic carbocycles. The first-order valence-electron chi connectivity index (χ1n) is 8.75. The van der Waals surface area contributed by atoms with Crippen molar-refractivity contribution in [2.24, 2.45) is 5.92 Å². The van der Waals surface area contributed by atoms with E-state index in [1.807, 2.05) is 6.07 Å². The van der Waals surface area contributed by atoms with Crippen LogP contribution >= 0.6 is 15.9 Å². The predicted molar refractivity (Wildman–Crippen MR) is 107 cm³/mol. The molecule has 2 aromatic heterocycles. The maximum atomic E-state index is 5.96. The second kappa shape index (κ2) is 7.08. The highest BCUT2D eigenvalue weighted by Gasteiger charge is 2.17. The number of halogens is 1. The molecule has 4 rings (SSSR count). The van der Waals surface area contributed by atoms with Gasteiger partial charge < -0.3 is 8.98 Å². The summed E-state index contributed by atoms with van der Waals surface area (Å²) in [6.07, 6.45) is 0.792. The highest BCUT2D eigenvalue weighted by molar-refractivity contribution is 9.10. The molecular formula is C21H20BrN3O. The Kier molecular flexibility index (Phi) is 4.64. The van der Waals surface area contributed by atoms with Crippen molar-refractivity contribution in [3.8, 4) is 11.6 Å². The van der Waals surface area contributed by atoms with E-state index in [-0.39, 0.29) is 0 Å². The summed E-state index contributed by atoms with van der Waals surface area (Å²) in [6, 6.07) is 18.9. The minimum Gasteiger partial charge on any atom is -0.419 e. The molecule has 0 amide bonds. The lowest BCUT2D eigenvalue weighted by Gasteiger charge is -2.09. The molecule has 26 heavy (non-hydrogen) atoms. The molecular weight excluding hydrogens is 390 g/mol. The molecule has 0 N–H and O–H groups in total. The molecule has 2 heterocycles. The monoisotopic (exact) mass is 409 g/mol. The summed E-state index contributed by atoms with van der Waals surface area (Å²) in [7, 11) is 0. The van der Waals surface area contributed by atoms with Gasteiger partial charge in [-0.1, -0.05) is 60.1 Å². The van der Waals surface area contributed by atoms with Gasteiger partial charge in [-0.25, -0.2) is 0 Å². The Morgan fingerprint density at radius 3 is 2.58 bits per heavy atom. The van der Waals surface area contributed by atoms with Crippen molar-refractivity contribution in [1.29, 1.82) is 0 Å². The lowest BCUT2D eigenvalue weighted by molar-refractivity contribution is 0.464. The lowest BCUT2D eigenvalue weighted by atomic mass is 10.1. The van der Waals surface area contributed by atoms with Crippen molar-refractivity contribution in [2.75, 3.05) is 0 Å². The number of hydrogen-bond donors (Lipinski definition) is 0. The van der Waals surface area contributed by atoms with Crippen LogP contribution in [0.25, 0.3) is 22.5 Å². The van der Waals surface area contributed by atoms with Crippen molar-refractivity contribution in [1.82, 2.24) is 14.8 Å². The molecule has 0 radical (unpaired) electrons. The smallest absolute Gasteiger partial charge is 0.264 e. The zero-order valence-electron chi connectivity index (χ0n) is 14.8. The van der Waals surface area contributed by atoms with Crippen LogP contribution < -0.4 is 0 Å². The highest BCUT2D eigenvalue weighted by Crippen LogP contribution is 2.29. The van der Waals surface area contributed by atoms with Crippen molar-refractivity contribution in [3.05, 3.63) is 70.5 Å². The summed E-state index contributed by atoms with van der Waals surface area (Å²) >= 11 is 3.50. The van der Waals surface area contributed by atoms with Crippen LogP contribution in [0, 0.1) is 5.92 Å². The normalized spacial score (nSPS) is 11.5. The minimum absolute atomic E-state index is 0.483. The van der Waals surface area contributed by atoms with Gasteiger partial charge in [0, 0.05) is 28.3 Å². The van der Waals surface area contributed by atoms with Gasteiger partial charge in [0.1, 0.15) is 5.69 Å². The van der Waals surface area contributed by atoms with E-state index >= 15 is 0 Å². The lowest BCUT2D eigenvalue weighted by Crippen LogP contribution is -2.01. The van der Waals surface area contributed by atoms with Crippen LogP contribution in [0.1, 0.15) is 25.3 Å². The molecule has 0 aliphatic heterocycles. The molecule has 0 spiro atoms. The van der Waals surface area contributed by atoms with Gasteiger partial charge in [-0.05, 0) is 35.7 Å². The Labute approximate surface area is 161 Å². The Morgan fingerprint density at radius 1 is 1.04 bits per heavy atom. The maximum absolute atomic E-state index is 5.96. The Morgan fingerprint density at radius 2 is 1.81 bits per heavy atom. The van der Waals surface area contributed by atoms with Gasteiger partial charge in [-0.2, -0.15) is 0 Å². The number of nitrogens with zero attached hydrogens (tertiary/aromatic N) is 3. The van der Waals surface area contributed by atoms with Crippen molar-refractivity contribution < 1.29 is 4.42 Å². The fourth-order valence-electron chi connectivity index (χ4n) is 3.12. The Hall–Kier alpha value is -2.40. The van der Waals surface area contributed by atoms with Crippen molar-refractivity contribution >= 4 is 26.8 Å². The molecule has 132 valence electrons. The third kappa shape index (κ3) is 3.44. The third-order valence-corrected chi connectivity index (χ3v) is 4.86. The molecule has 0 unspecified atom stereocenters. The molecule has 0 atom stereocenters. The average Bonchev–Trinajstić information content (AvgIpc) is 3.21. The van der Waals surface area contributed by atoms with E-state index in [0.29, 0.717) is 17.7 Å². The molecule has 2 aromatic carbocycles. The zero-order valence-corrected chi connectivity index (χ0v) is 16.4. The fourth-order valence-corrected chi connectivity index (χ4v) is 3.38. The quantitative estimate of drug-likeness (QED) is 0.424.